The highest BCUT2D eigenvalue weighted by atomic mass is 32.2. The van der Waals surface area contributed by atoms with Gasteiger partial charge in [-0.05, 0) is 31.4 Å². The Morgan fingerprint density at radius 2 is 2.00 bits per heavy atom. The van der Waals surface area contributed by atoms with Gasteiger partial charge in [0.2, 0.25) is 5.91 Å². The summed E-state index contributed by atoms with van der Waals surface area (Å²) >= 11 is 1.91. The van der Waals surface area contributed by atoms with E-state index in [4.69, 9.17) is 5.73 Å². The van der Waals surface area contributed by atoms with Gasteiger partial charge in [0.25, 0.3) is 0 Å². The number of amides is 1. The third kappa shape index (κ3) is 4.75. The second kappa shape index (κ2) is 7.85. The highest BCUT2D eigenvalue weighted by Gasteiger charge is 2.35. The van der Waals surface area contributed by atoms with Crippen LogP contribution in [0.1, 0.15) is 45.4 Å². The molecule has 4 heteroatoms. The van der Waals surface area contributed by atoms with E-state index in [1.165, 1.54) is 17.7 Å². The number of benzene rings is 1. The van der Waals surface area contributed by atoms with Crippen LogP contribution in [0.2, 0.25) is 0 Å². The van der Waals surface area contributed by atoms with E-state index in [2.05, 4.69) is 36.5 Å². The first kappa shape index (κ1) is 16.4. The van der Waals surface area contributed by atoms with E-state index in [0.717, 1.165) is 32.2 Å². The summed E-state index contributed by atoms with van der Waals surface area (Å²) in [5, 5.41) is 3.09. The van der Waals surface area contributed by atoms with Gasteiger partial charge in [0.15, 0.2) is 0 Å². The van der Waals surface area contributed by atoms with Gasteiger partial charge in [-0.15, -0.1) is 11.8 Å². The molecule has 3 nitrogen and oxygen atoms in total. The van der Waals surface area contributed by atoms with E-state index >= 15 is 0 Å². The van der Waals surface area contributed by atoms with E-state index < -0.39 is 0 Å². The summed E-state index contributed by atoms with van der Waals surface area (Å²) in [7, 11) is 0. The van der Waals surface area contributed by atoms with Gasteiger partial charge in [0, 0.05) is 16.2 Å². The number of carbonyl (C=O) groups is 1. The SMILES string of the molecule is CCCC(N)C(=O)NCC1(Sc2ccccc2)CCCC1. The van der Waals surface area contributed by atoms with Crippen molar-refractivity contribution in [1.29, 1.82) is 0 Å². The molecule has 3 N–H and O–H groups in total. The van der Waals surface area contributed by atoms with Gasteiger partial charge in [-0.2, -0.15) is 0 Å². The van der Waals surface area contributed by atoms with Crippen LogP contribution in [0.3, 0.4) is 0 Å². The van der Waals surface area contributed by atoms with Gasteiger partial charge in [-0.25, -0.2) is 0 Å². The normalized spacial score (nSPS) is 18.4. The Hall–Kier alpha value is -1.00. The van der Waals surface area contributed by atoms with Crippen molar-refractivity contribution in [1.82, 2.24) is 5.32 Å². The van der Waals surface area contributed by atoms with Crippen LogP contribution >= 0.6 is 11.8 Å². The predicted octanol–water partition coefficient (Wildman–Crippen LogP) is 3.34. The fourth-order valence-corrected chi connectivity index (χ4v) is 4.32. The van der Waals surface area contributed by atoms with Crippen molar-refractivity contribution in [3.8, 4) is 0 Å². The average Bonchev–Trinajstić information content (AvgIpc) is 2.95. The van der Waals surface area contributed by atoms with Crippen molar-refractivity contribution in [2.75, 3.05) is 6.54 Å². The second-order valence-electron chi connectivity index (χ2n) is 5.92. The standard InChI is InChI=1S/C17H26N2OS/c1-2-8-15(18)16(20)19-13-17(11-6-7-12-17)21-14-9-4-3-5-10-14/h3-5,9-10,15H,2,6-8,11-13,18H2,1H3,(H,19,20). The van der Waals surface area contributed by atoms with Crippen LogP contribution in [0.15, 0.2) is 35.2 Å². The largest absolute Gasteiger partial charge is 0.353 e. The number of hydrogen-bond acceptors (Lipinski definition) is 3. The average molecular weight is 306 g/mol. The van der Waals surface area contributed by atoms with Gasteiger partial charge < -0.3 is 11.1 Å². The van der Waals surface area contributed by atoms with Crippen molar-refractivity contribution < 1.29 is 4.79 Å². The Kier molecular flexibility index (Phi) is 6.12. The number of nitrogens with two attached hydrogens (primary N) is 1. The molecular formula is C17H26N2OS. The summed E-state index contributed by atoms with van der Waals surface area (Å²) in [6.45, 7) is 2.78. The lowest BCUT2D eigenvalue weighted by Crippen LogP contribution is -2.46. The van der Waals surface area contributed by atoms with Gasteiger partial charge in [0.1, 0.15) is 0 Å². The highest BCUT2D eigenvalue weighted by Crippen LogP contribution is 2.44. The summed E-state index contributed by atoms with van der Waals surface area (Å²) in [4.78, 5) is 13.3. The van der Waals surface area contributed by atoms with Crippen LogP contribution in [0.4, 0.5) is 0 Å². The maximum absolute atomic E-state index is 12.0. The van der Waals surface area contributed by atoms with Crippen molar-refractivity contribution in [2.24, 2.45) is 5.73 Å². The number of thioether (sulfide) groups is 1. The van der Waals surface area contributed by atoms with Crippen LogP contribution < -0.4 is 11.1 Å². The molecule has 1 atom stereocenters. The zero-order valence-corrected chi connectivity index (χ0v) is 13.6. The van der Waals surface area contributed by atoms with E-state index in [9.17, 15) is 4.79 Å². The smallest absolute Gasteiger partial charge is 0.236 e. The van der Waals surface area contributed by atoms with Gasteiger partial charge in [-0.1, -0.05) is 44.4 Å². The lowest BCUT2D eigenvalue weighted by Gasteiger charge is -2.29. The zero-order valence-electron chi connectivity index (χ0n) is 12.8. The van der Waals surface area contributed by atoms with Crippen LogP contribution in [-0.4, -0.2) is 23.2 Å². The Morgan fingerprint density at radius 3 is 2.62 bits per heavy atom. The van der Waals surface area contributed by atoms with Crippen molar-refractivity contribution in [2.45, 2.75) is 61.1 Å². The monoisotopic (exact) mass is 306 g/mol. The number of nitrogens with one attached hydrogen (secondary N) is 1. The maximum Gasteiger partial charge on any atom is 0.236 e. The molecule has 1 fully saturated rings. The molecule has 1 aromatic rings. The second-order valence-corrected chi connectivity index (χ2v) is 7.46. The van der Waals surface area contributed by atoms with Crippen LogP contribution in [0.5, 0.6) is 0 Å². The molecule has 0 aliphatic heterocycles. The fourth-order valence-electron chi connectivity index (χ4n) is 2.89. The molecule has 1 aliphatic rings. The van der Waals surface area contributed by atoms with Crippen LogP contribution in [0, 0.1) is 0 Å². The van der Waals surface area contributed by atoms with E-state index in [0.29, 0.717) is 0 Å². The first-order chi connectivity index (χ1) is 10.2. The van der Waals surface area contributed by atoms with Crippen molar-refractivity contribution in [3.63, 3.8) is 0 Å². The fraction of sp³-hybridized carbons (Fsp3) is 0.588. The molecule has 0 saturated heterocycles. The Morgan fingerprint density at radius 1 is 1.33 bits per heavy atom. The first-order valence-electron chi connectivity index (χ1n) is 7.92. The molecular weight excluding hydrogens is 280 g/mol. The quantitative estimate of drug-likeness (QED) is 0.812. The van der Waals surface area contributed by atoms with Gasteiger partial charge in [-0.3, -0.25) is 4.79 Å². The summed E-state index contributed by atoms with van der Waals surface area (Å²) in [6.07, 6.45) is 6.52. The summed E-state index contributed by atoms with van der Waals surface area (Å²) in [5.41, 5.74) is 5.89. The molecule has 0 radical (unpaired) electrons. The molecule has 21 heavy (non-hydrogen) atoms. The third-order valence-electron chi connectivity index (χ3n) is 4.11. The molecule has 2 rings (SSSR count). The number of rotatable bonds is 7. The molecule has 1 unspecified atom stereocenters. The summed E-state index contributed by atoms with van der Waals surface area (Å²) < 4.78 is 0.142. The minimum absolute atomic E-state index is 0.00298. The summed E-state index contributed by atoms with van der Waals surface area (Å²) in [6, 6.07) is 10.1. The molecule has 116 valence electrons. The minimum atomic E-state index is -0.366. The van der Waals surface area contributed by atoms with E-state index in [-0.39, 0.29) is 16.7 Å². The first-order valence-corrected chi connectivity index (χ1v) is 8.74. The molecule has 0 heterocycles. The lowest BCUT2D eigenvalue weighted by molar-refractivity contribution is -0.122. The molecule has 1 saturated carbocycles. The number of carbonyl (C=O) groups excluding carboxylic acids is 1. The summed E-state index contributed by atoms with van der Waals surface area (Å²) in [5.74, 6) is -0.00298. The van der Waals surface area contributed by atoms with Gasteiger partial charge in [0.05, 0.1) is 6.04 Å². The lowest BCUT2D eigenvalue weighted by atomic mass is 10.1. The Balaban J connectivity index is 1.94. The number of hydrogen-bond donors (Lipinski definition) is 2. The van der Waals surface area contributed by atoms with Crippen LogP contribution in [-0.2, 0) is 4.79 Å². The van der Waals surface area contributed by atoms with E-state index in [1.54, 1.807) is 0 Å². The predicted molar refractivity (Wildman–Crippen MR) is 89.4 cm³/mol. The molecule has 0 aromatic heterocycles. The maximum atomic E-state index is 12.0. The highest BCUT2D eigenvalue weighted by molar-refractivity contribution is 8.00. The van der Waals surface area contributed by atoms with Crippen LogP contribution in [0.25, 0.3) is 0 Å². The van der Waals surface area contributed by atoms with E-state index in [1.807, 2.05) is 17.8 Å². The molecule has 0 bridgehead atoms. The zero-order chi connectivity index (χ0) is 15.1. The Bertz CT molecular complexity index is 443. The van der Waals surface area contributed by atoms with Gasteiger partial charge >= 0.3 is 0 Å². The molecule has 1 aliphatic carbocycles. The Labute approximate surface area is 132 Å². The van der Waals surface area contributed by atoms with Crippen molar-refractivity contribution >= 4 is 17.7 Å². The molecule has 1 amide bonds. The minimum Gasteiger partial charge on any atom is -0.353 e. The van der Waals surface area contributed by atoms with Crippen molar-refractivity contribution in [3.05, 3.63) is 30.3 Å². The third-order valence-corrected chi connectivity index (χ3v) is 5.61. The molecule has 0 spiro atoms. The molecule has 1 aromatic carbocycles. The topological polar surface area (TPSA) is 55.1 Å².